The van der Waals surface area contributed by atoms with Gasteiger partial charge in [0.05, 0.1) is 11.1 Å². The first-order chi connectivity index (χ1) is 10.2. The molecule has 0 aromatic heterocycles. The molecule has 1 spiro atoms. The summed E-state index contributed by atoms with van der Waals surface area (Å²) in [5.41, 5.74) is 5.73. The van der Waals surface area contributed by atoms with Crippen LogP contribution < -0.4 is 15.8 Å². The van der Waals surface area contributed by atoms with Crippen molar-refractivity contribution in [2.45, 2.75) is 18.9 Å². The van der Waals surface area contributed by atoms with Crippen molar-refractivity contribution in [3.63, 3.8) is 0 Å². The van der Waals surface area contributed by atoms with Crippen molar-refractivity contribution in [2.24, 2.45) is 11.1 Å². The zero-order valence-electron chi connectivity index (χ0n) is 12.0. The molecular formula is C15H20ClN3O2. The standard InChI is InChI=1S/C14H15ClN2O2.CH5N/c15-12-1-2-13(10(5-16)11(12)6-18)19-9-3-14(4-9)7-17-8-14;1-2/h1-2,5-6,9,16-17H,3-4,7-8H2;2H2,1H3. The second-order valence-electron chi connectivity index (χ2n) is 5.39. The van der Waals surface area contributed by atoms with Crippen molar-refractivity contribution in [2.75, 3.05) is 20.1 Å². The highest BCUT2D eigenvalue weighted by atomic mass is 35.5. The molecule has 1 aliphatic heterocycles. The number of carbonyl (C=O) groups is 1. The molecule has 1 saturated heterocycles. The summed E-state index contributed by atoms with van der Waals surface area (Å²) in [6.07, 6.45) is 4.06. The summed E-state index contributed by atoms with van der Waals surface area (Å²) in [5.74, 6) is 0.577. The van der Waals surface area contributed by atoms with E-state index in [1.54, 1.807) is 12.1 Å². The summed E-state index contributed by atoms with van der Waals surface area (Å²) in [5, 5.41) is 11.1. The average Bonchev–Trinajstić information content (AvgIpc) is 2.43. The van der Waals surface area contributed by atoms with E-state index in [4.69, 9.17) is 21.7 Å². The molecule has 6 heteroatoms. The van der Waals surface area contributed by atoms with Crippen molar-refractivity contribution in [3.05, 3.63) is 28.3 Å². The first-order valence-corrected chi connectivity index (χ1v) is 7.28. The van der Waals surface area contributed by atoms with E-state index < -0.39 is 0 Å². The van der Waals surface area contributed by atoms with Gasteiger partial charge in [-0.15, -0.1) is 0 Å². The Morgan fingerprint density at radius 2 is 2.05 bits per heavy atom. The van der Waals surface area contributed by atoms with Crippen LogP contribution in [-0.2, 0) is 0 Å². The maximum absolute atomic E-state index is 11.0. The molecule has 0 unspecified atom stereocenters. The van der Waals surface area contributed by atoms with Crippen LogP contribution in [0.5, 0.6) is 5.75 Å². The molecule has 1 heterocycles. The lowest BCUT2D eigenvalue weighted by molar-refractivity contribution is -0.0495. The van der Waals surface area contributed by atoms with Gasteiger partial charge in [0.25, 0.3) is 0 Å². The maximum Gasteiger partial charge on any atom is 0.152 e. The number of hydrogen-bond acceptors (Lipinski definition) is 5. The number of benzene rings is 1. The van der Waals surface area contributed by atoms with Gasteiger partial charge in [-0.3, -0.25) is 4.79 Å². The van der Waals surface area contributed by atoms with Gasteiger partial charge in [0.2, 0.25) is 0 Å². The molecule has 114 valence electrons. The molecule has 1 aromatic carbocycles. The van der Waals surface area contributed by atoms with E-state index in [1.165, 1.54) is 7.05 Å². The zero-order chi connectivity index (χ0) is 15.5. The number of halogens is 1. The van der Waals surface area contributed by atoms with Crippen molar-refractivity contribution >= 4 is 24.1 Å². The van der Waals surface area contributed by atoms with Crippen LogP contribution >= 0.6 is 11.6 Å². The Kier molecular flexibility index (Phi) is 4.98. The molecule has 0 radical (unpaired) electrons. The summed E-state index contributed by atoms with van der Waals surface area (Å²) >= 11 is 5.94. The number of ether oxygens (including phenoxy) is 1. The van der Waals surface area contributed by atoms with Crippen LogP contribution in [0.2, 0.25) is 5.02 Å². The minimum absolute atomic E-state index is 0.182. The van der Waals surface area contributed by atoms with Gasteiger partial charge in [-0.25, -0.2) is 0 Å². The van der Waals surface area contributed by atoms with Gasteiger partial charge in [0.15, 0.2) is 6.29 Å². The Bertz CT molecular complexity index is 536. The zero-order valence-corrected chi connectivity index (χ0v) is 12.7. The van der Waals surface area contributed by atoms with Gasteiger partial charge in [0.1, 0.15) is 5.75 Å². The Hall–Kier alpha value is -1.43. The van der Waals surface area contributed by atoms with Crippen LogP contribution in [0.15, 0.2) is 12.1 Å². The molecule has 1 saturated carbocycles. The fourth-order valence-corrected chi connectivity index (χ4v) is 3.11. The number of nitrogens with two attached hydrogens (primary N) is 1. The van der Waals surface area contributed by atoms with E-state index in [9.17, 15) is 4.79 Å². The van der Waals surface area contributed by atoms with E-state index in [2.05, 4.69) is 11.1 Å². The first kappa shape index (κ1) is 15.9. The third-order valence-corrected chi connectivity index (χ3v) is 4.40. The summed E-state index contributed by atoms with van der Waals surface area (Å²) in [7, 11) is 1.50. The molecule has 0 amide bonds. The van der Waals surface area contributed by atoms with Crippen LogP contribution in [0.3, 0.4) is 0 Å². The van der Waals surface area contributed by atoms with Crippen LogP contribution in [0, 0.1) is 10.8 Å². The largest absolute Gasteiger partial charge is 0.490 e. The van der Waals surface area contributed by atoms with E-state index in [1.807, 2.05) is 0 Å². The number of hydrogen-bond donors (Lipinski definition) is 3. The number of aldehydes is 1. The van der Waals surface area contributed by atoms with E-state index in [-0.39, 0.29) is 6.10 Å². The predicted molar refractivity (Wildman–Crippen MR) is 83.8 cm³/mol. The monoisotopic (exact) mass is 309 g/mol. The summed E-state index contributed by atoms with van der Waals surface area (Å²) in [6.45, 7) is 2.15. The van der Waals surface area contributed by atoms with Gasteiger partial charge in [-0.05, 0) is 32.0 Å². The molecule has 0 bridgehead atoms. The van der Waals surface area contributed by atoms with E-state index >= 15 is 0 Å². The molecule has 4 N–H and O–H groups in total. The van der Waals surface area contributed by atoms with E-state index in [0.717, 1.165) is 32.1 Å². The van der Waals surface area contributed by atoms with Crippen molar-refractivity contribution in [1.29, 1.82) is 5.41 Å². The Labute approximate surface area is 129 Å². The van der Waals surface area contributed by atoms with E-state index in [0.29, 0.717) is 33.6 Å². The minimum Gasteiger partial charge on any atom is -0.490 e. The van der Waals surface area contributed by atoms with Crippen molar-refractivity contribution in [1.82, 2.24) is 5.32 Å². The lowest BCUT2D eigenvalue weighted by atomic mass is 9.63. The summed E-state index contributed by atoms with van der Waals surface area (Å²) in [4.78, 5) is 11.0. The molecule has 3 rings (SSSR count). The highest BCUT2D eigenvalue weighted by Crippen LogP contribution is 2.46. The van der Waals surface area contributed by atoms with Crippen LogP contribution in [0.4, 0.5) is 0 Å². The van der Waals surface area contributed by atoms with Crippen LogP contribution in [0.1, 0.15) is 28.8 Å². The van der Waals surface area contributed by atoms with Crippen molar-refractivity contribution in [3.8, 4) is 5.75 Å². The third-order valence-electron chi connectivity index (χ3n) is 4.07. The number of nitrogens with one attached hydrogen (secondary N) is 2. The molecule has 1 aliphatic carbocycles. The Morgan fingerprint density at radius 3 is 2.52 bits per heavy atom. The van der Waals surface area contributed by atoms with Gasteiger partial charge >= 0.3 is 0 Å². The normalized spacial score (nSPS) is 18.8. The molecule has 2 aliphatic rings. The summed E-state index contributed by atoms with van der Waals surface area (Å²) in [6, 6.07) is 3.38. The Morgan fingerprint density at radius 1 is 1.38 bits per heavy atom. The van der Waals surface area contributed by atoms with Crippen LogP contribution in [-0.4, -0.2) is 38.7 Å². The first-order valence-electron chi connectivity index (χ1n) is 6.91. The molecule has 2 fully saturated rings. The fourth-order valence-electron chi connectivity index (χ4n) is 2.90. The lowest BCUT2D eigenvalue weighted by Gasteiger charge is -2.53. The lowest BCUT2D eigenvalue weighted by Crippen LogP contribution is -2.62. The predicted octanol–water partition coefficient (Wildman–Crippen LogP) is 1.86. The third kappa shape index (κ3) is 2.95. The molecule has 21 heavy (non-hydrogen) atoms. The maximum atomic E-state index is 11.0. The van der Waals surface area contributed by atoms with Gasteiger partial charge in [-0.2, -0.15) is 0 Å². The van der Waals surface area contributed by atoms with Gasteiger partial charge in [-0.1, -0.05) is 11.6 Å². The highest BCUT2D eigenvalue weighted by molar-refractivity contribution is 6.33. The van der Waals surface area contributed by atoms with Gasteiger partial charge < -0.3 is 21.2 Å². The van der Waals surface area contributed by atoms with Crippen molar-refractivity contribution < 1.29 is 9.53 Å². The quantitative estimate of drug-likeness (QED) is 0.585. The summed E-state index contributed by atoms with van der Waals surface area (Å²) < 4.78 is 5.90. The Balaban J connectivity index is 0.000000774. The molecule has 0 atom stereocenters. The molecule has 5 nitrogen and oxygen atoms in total. The minimum atomic E-state index is 0.182. The average molecular weight is 310 g/mol. The second kappa shape index (κ2) is 6.56. The highest BCUT2D eigenvalue weighted by Gasteiger charge is 2.49. The SMILES string of the molecule is CN.N=Cc1c(OC2CC3(CNC3)C2)ccc(Cl)c1C=O. The number of rotatable bonds is 4. The molecular weight excluding hydrogens is 290 g/mol. The molecule has 1 aromatic rings. The fraction of sp³-hybridized carbons (Fsp3) is 0.467. The topological polar surface area (TPSA) is 88.2 Å². The number of carbonyl (C=O) groups excluding carboxylic acids is 1. The van der Waals surface area contributed by atoms with Gasteiger partial charge in [0, 0.05) is 35.8 Å². The smallest absolute Gasteiger partial charge is 0.152 e. The van der Waals surface area contributed by atoms with Crippen LogP contribution in [0.25, 0.3) is 0 Å². The second-order valence-corrected chi connectivity index (χ2v) is 5.79.